The quantitative estimate of drug-likeness (QED) is 0.322. The highest BCUT2D eigenvalue weighted by molar-refractivity contribution is 6.32. The van der Waals surface area contributed by atoms with Crippen molar-refractivity contribution in [3.8, 4) is 5.75 Å². The molecule has 2 amide bonds. The SMILES string of the molecule is Cc1ccc(N2C(=O)C3C(c4cc5ccccc5o4)NC(Cc4ccc(O)cc4)(C(=O)O)C3C2=O)cc1Cl. The molecule has 8 nitrogen and oxygen atoms in total. The van der Waals surface area contributed by atoms with E-state index in [2.05, 4.69) is 5.32 Å². The number of aryl methyl sites for hydroxylation is 1. The first-order chi connectivity index (χ1) is 18.2. The van der Waals surface area contributed by atoms with E-state index in [4.69, 9.17) is 16.0 Å². The molecule has 38 heavy (non-hydrogen) atoms. The second-order valence-electron chi connectivity index (χ2n) is 9.88. The number of amides is 2. The Hall–Kier alpha value is -4.14. The number of nitrogens with one attached hydrogen (secondary N) is 1. The Bertz CT molecular complexity index is 1580. The number of benzene rings is 3. The van der Waals surface area contributed by atoms with Crippen LogP contribution in [0.5, 0.6) is 5.75 Å². The smallest absolute Gasteiger partial charge is 0.325 e. The van der Waals surface area contributed by atoms with Crippen molar-refractivity contribution in [1.82, 2.24) is 5.32 Å². The first kappa shape index (κ1) is 24.2. The number of anilines is 1. The number of hydrogen-bond acceptors (Lipinski definition) is 6. The van der Waals surface area contributed by atoms with Crippen molar-refractivity contribution in [2.24, 2.45) is 11.8 Å². The zero-order valence-electron chi connectivity index (χ0n) is 20.2. The van der Waals surface area contributed by atoms with E-state index < -0.39 is 41.2 Å². The van der Waals surface area contributed by atoms with Crippen molar-refractivity contribution >= 4 is 46.0 Å². The van der Waals surface area contributed by atoms with E-state index in [-0.39, 0.29) is 17.9 Å². The molecule has 2 saturated heterocycles. The molecule has 3 aromatic carbocycles. The molecule has 6 rings (SSSR count). The number of imide groups is 1. The molecule has 192 valence electrons. The van der Waals surface area contributed by atoms with Crippen molar-refractivity contribution in [1.29, 1.82) is 0 Å². The van der Waals surface area contributed by atoms with Gasteiger partial charge in [-0.15, -0.1) is 0 Å². The van der Waals surface area contributed by atoms with Crippen LogP contribution in [-0.4, -0.2) is 33.5 Å². The summed E-state index contributed by atoms with van der Waals surface area (Å²) in [6.07, 6.45) is -0.0952. The average molecular weight is 531 g/mol. The van der Waals surface area contributed by atoms with Gasteiger partial charge in [0, 0.05) is 16.8 Å². The van der Waals surface area contributed by atoms with Gasteiger partial charge in [0.2, 0.25) is 11.8 Å². The van der Waals surface area contributed by atoms with E-state index in [9.17, 15) is 24.6 Å². The summed E-state index contributed by atoms with van der Waals surface area (Å²) in [6, 6.07) is 19.2. The van der Waals surface area contributed by atoms with Crippen LogP contribution in [0.3, 0.4) is 0 Å². The van der Waals surface area contributed by atoms with E-state index in [1.165, 1.54) is 12.1 Å². The molecular weight excluding hydrogens is 508 g/mol. The largest absolute Gasteiger partial charge is 0.508 e. The molecule has 4 atom stereocenters. The molecule has 0 spiro atoms. The number of carbonyl (C=O) groups is 3. The number of fused-ring (bicyclic) bond motifs is 2. The van der Waals surface area contributed by atoms with E-state index in [0.29, 0.717) is 21.9 Å². The number of aromatic hydroxyl groups is 1. The highest BCUT2D eigenvalue weighted by atomic mass is 35.5. The van der Waals surface area contributed by atoms with Crippen LogP contribution in [0.2, 0.25) is 5.02 Å². The highest BCUT2D eigenvalue weighted by Crippen LogP contribution is 2.51. The summed E-state index contributed by atoms with van der Waals surface area (Å²) in [5.41, 5.74) is 0.423. The number of phenols is 1. The molecular formula is C29H23ClN2O6. The Morgan fingerprint density at radius 3 is 2.47 bits per heavy atom. The van der Waals surface area contributed by atoms with E-state index >= 15 is 0 Å². The molecule has 1 aromatic heterocycles. The minimum absolute atomic E-state index is 0.0325. The zero-order valence-corrected chi connectivity index (χ0v) is 21.0. The fourth-order valence-corrected chi connectivity index (χ4v) is 5.92. The van der Waals surface area contributed by atoms with Crippen LogP contribution in [0.1, 0.15) is 22.9 Å². The number of halogens is 1. The van der Waals surface area contributed by atoms with Crippen molar-refractivity contribution in [3.63, 3.8) is 0 Å². The van der Waals surface area contributed by atoms with E-state index in [0.717, 1.165) is 15.8 Å². The molecule has 4 aromatic rings. The third-order valence-corrected chi connectivity index (χ3v) is 8.03. The molecule has 0 bridgehead atoms. The van der Waals surface area contributed by atoms with Crippen molar-refractivity contribution in [2.45, 2.75) is 24.9 Å². The number of hydrogen-bond donors (Lipinski definition) is 3. The Balaban J connectivity index is 1.51. The van der Waals surface area contributed by atoms with Gasteiger partial charge in [-0.1, -0.05) is 48.0 Å². The van der Waals surface area contributed by atoms with Crippen molar-refractivity contribution in [3.05, 3.63) is 94.7 Å². The molecule has 3 heterocycles. The number of para-hydroxylation sites is 1. The minimum Gasteiger partial charge on any atom is -0.508 e. The number of carbonyl (C=O) groups excluding carboxylic acids is 2. The Morgan fingerprint density at radius 2 is 1.79 bits per heavy atom. The molecule has 0 radical (unpaired) electrons. The predicted octanol–water partition coefficient (Wildman–Crippen LogP) is 4.62. The maximum Gasteiger partial charge on any atom is 0.325 e. The lowest BCUT2D eigenvalue weighted by atomic mass is 9.76. The van der Waals surface area contributed by atoms with Crippen LogP contribution in [0.25, 0.3) is 11.0 Å². The zero-order chi connectivity index (χ0) is 26.8. The van der Waals surface area contributed by atoms with Gasteiger partial charge in [0.1, 0.15) is 22.6 Å². The van der Waals surface area contributed by atoms with E-state index in [1.807, 2.05) is 25.1 Å². The first-order valence-corrected chi connectivity index (χ1v) is 12.5. The lowest BCUT2D eigenvalue weighted by molar-refractivity contribution is -0.148. The molecule has 0 saturated carbocycles. The topological polar surface area (TPSA) is 120 Å². The molecule has 2 aliphatic heterocycles. The van der Waals surface area contributed by atoms with Gasteiger partial charge in [0.05, 0.1) is 23.6 Å². The Morgan fingerprint density at radius 1 is 1.05 bits per heavy atom. The van der Waals surface area contributed by atoms with Crippen LogP contribution in [-0.2, 0) is 20.8 Å². The van der Waals surface area contributed by atoms with Gasteiger partial charge < -0.3 is 14.6 Å². The van der Waals surface area contributed by atoms with Gasteiger partial charge in [-0.3, -0.25) is 19.7 Å². The van der Waals surface area contributed by atoms with Crippen molar-refractivity contribution in [2.75, 3.05) is 4.90 Å². The van der Waals surface area contributed by atoms with Gasteiger partial charge >= 0.3 is 5.97 Å². The second-order valence-corrected chi connectivity index (χ2v) is 10.3. The average Bonchev–Trinajstić information content (AvgIpc) is 3.54. The molecule has 2 fully saturated rings. The van der Waals surface area contributed by atoms with Crippen LogP contribution in [0, 0.1) is 18.8 Å². The van der Waals surface area contributed by atoms with Gasteiger partial charge in [-0.25, -0.2) is 4.90 Å². The molecule has 0 aliphatic carbocycles. The summed E-state index contributed by atoms with van der Waals surface area (Å²) in [5.74, 6) is -4.25. The van der Waals surface area contributed by atoms with Crippen molar-refractivity contribution < 1.29 is 29.0 Å². The third kappa shape index (κ3) is 3.60. The molecule has 3 N–H and O–H groups in total. The molecule has 4 unspecified atom stereocenters. The predicted molar refractivity (Wildman–Crippen MR) is 140 cm³/mol. The number of phenolic OH excluding ortho intramolecular Hbond substituents is 1. The number of rotatable bonds is 5. The minimum atomic E-state index is -1.82. The summed E-state index contributed by atoms with van der Waals surface area (Å²) in [7, 11) is 0. The monoisotopic (exact) mass is 530 g/mol. The van der Waals surface area contributed by atoms with Crippen LogP contribution in [0.15, 0.2) is 77.2 Å². The fraction of sp³-hybridized carbons (Fsp3) is 0.207. The summed E-state index contributed by atoms with van der Waals surface area (Å²) < 4.78 is 6.07. The normalized spacial score (nSPS) is 24.8. The van der Waals surface area contributed by atoms with E-state index in [1.54, 1.807) is 42.5 Å². The molecule has 9 heteroatoms. The number of carboxylic acid groups (broad SMARTS) is 1. The van der Waals surface area contributed by atoms with Gasteiger partial charge in [-0.05, 0) is 54.4 Å². The number of aliphatic carboxylic acids is 1. The highest BCUT2D eigenvalue weighted by Gasteiger charge is 2.69. The standard InChI is InChI=1S/C29H23ClN2O6/c1-15-6-9-18(13-20(15)30)32-26(34)23-24(27(32)35)29(28(36)37,14-16-7-10-19(33)11-8-16)31-25(23)22-12-17-4-2-3-5-21(17)38-22/h2-13,23-25,31,33H,14H2,1H3,(H,36,37). The first-order valence-electron chi connectivity index (χ1n) is 12.1. The molecule has 2 aliphatic rings. The maximum absolute atomic E-state index is 14.0. The summed E-state index contributed by atoms with van der Waals surface area (Å²) >= 11 is 6.31. The lowest BCUT2D eigenvalue weighted by Crippen LogP contribution is -2.57. The maximum atomic E-state index is 14.0. The summed E-state index contributed by atoms with van der Waals surface area (Å²) in [6.45, 7) is 1.81. The van der Waals surface area contributed by atoms with Crippen LogP contribution < -0.4 is 10.2 Å². The Kier molecular flexibility index (Phi) is 5.55. The Labute approximate surface area is 222 Å². The lowest BCUT2D eigenvalue weighted by Gasteiger charge is -2.31. The van der Waals surface area contributed by atoms with Crippen LogP contribution in [0.4, 0.5) is 5.69 Å². The summed E-state index contributed by atoms with van der Waals surface area (Å²) in [4.78, 5) is 42.0. The second kappa shape index (κ2) is 8.72. The summed E-state index contributed by atoms with van der Waals surface area (Å²) in [5, 5.41) is 24.7. The third-order valence-electron chi connectivity index (χ3n) is 7.62. The number of nitrogens with zero attached hydrogens (tertiary/aromatic N) is 1. The van der Waals surface area contributed by atoms with Gasteiger partial charge in [0.25, 0.3) is 0 Å². The van der Waals surface area contributed by atoms with Crippen LogP contribution >= 0.6 is 11.6 Å². The number of furan rings is 1. The number of carboxylic acids is 1. The van der Waals surface area contributed by atoms with Gasteiger partial charge in [-0.2, -0.15) is 0 Å². The van der Waals surface area contributed by atoms with Gasteiger partial charge in [0.15, 0.2) is 0 Å². The fourth-order valence-electron chi connectivity index (χ4n) is 5.75.